The molecule has 2 rings (SSSR count). The second kappa shape index (κ2) is 5.93. The average Bonchev–Trinajstić information content (AvgIpc) is 2.43. The molecule has 0 spiro atoms. The Morgan fingerprint density at radius 2 is 1.71 bits per heavy atom. The molecule has 0 fully saturated rings. The predicted molar refractivity (Wildman–Crippen MR) is 82.9 cm³/mol. The Balaban J connectivity index is 2.34. The van der Waals surface area contributed by atoms with E-state index in [-0.39, 0.29) is 10.6 Å². The van der Waals surface area contributed by atoms with Gasteiger partial charge in [-0.3, -0.25) is 10.1 Å². The second-order valence-electron chi connectivity index (χ2n) is 5.13. The maximum absolute atomic E-state index is 11.2. The van der Waals surface area contributed by atoms with E-state index in [0.29, 0.717) is 5.69 Å². The Kier molecular flexibility index (Phi) is 4.23. The van der Waals surface area contributed by atoms with Crippen LogP contribution in [0.2, 0.25) is 0 Å². The number of rotatable bonds is 4. The van der Waals surface area contributed by atoms with Crippen LogP contribution < -0.4 is 5.32 Å². The summed E-state index contributed by atoms with van der Waals surface area (Å²) in [5, 5.41) is 23.7. The lowest BCUT2D eigenvalue weighted by molar-refractivity contribution is -0.384. The smallest absolute Gasteiger partial charge is 0.292 e. The van der Waals surface area contributed by atoms with Crippen molar-refractivity contribution in [3.8, 4) is 0 Å². The number of aryl methyl sites for hydroxylation is 2. The van der Waals surface area contributed by atoms with E-state index in [0.717, 1.165) is 22.4 Å². The van der Waals surface area contributed by atoms with Gasteiger partial charge in [-0.1, -0.05) is 12.1 Å². The third-order valence-electron chi connectivity index (χ3n) is 3.48. The Labute approximate surface area is 123 Å². The van der Waals surface area contributed by atoms with E-state index in [1.807, 2.05) is 13.8 Å². The number of anilines is 2. The number of hydrogen-bond donors (Lipinski definition) is 2. The summed E-state index contributed by atoms with van der Waals surface area (Å²) in [7, 11) is 0. The van der Waals surface area contributed by atoms with Crippen LogP contribution in [0, 0.1) is 24.0 Å². The quantitative estimate of drug-likeness (QED) is 0.657. The summed E-state index contributed by atoms with van der Waals surface area (Å²) in [5.74, 6) is 0. The van der Waals surface area contributed by atoms with Crippen molar-refractivity contribution in [2.45, 2.75) is 26.9 Å². The van der Waals surface area contributed by atoms with Gasteiger partial charge in [0.05, 0.1) is 11.0 Å². The average molecular weight is 286 g/mol. The summed E-state index contributed by atoms with van der Waals surface area (Å²) in [6, 6.07) is 10.5. The number of nitrogens with one attached hydrogen (secondary N) is 1. The molecule has 0 radical (unpaired) electrons. The lowest BCUT2D eigenvalue weighted by Gasteiger charge is -2.11. The van der Waals surface area contributed by atoms with Crippen molar-refractivity contribution < 1.29 is 10.0 Å². The predicted octanol–water partition coefficient (Wildman–Crippen LogP) is 4.01. The number of nitrogens with zero attached hydrogens (tertiary/aromatic N) is 1. The molecule has 0 bridgehead atoms. The molecule has 2 aromatic carbocycles. The van der Waals surface area contributed by atoms with E-state index in [2.05, 4.69) is 5.32 Å². The van der Waals surface area contributed by atoms with Crippen molar-refractivity contribution in [2.75, 3.05) is 5.32 Å². The molecular weight excluding hydrogens is 268 g/mol. The highest BCUT2D eigenvalue weighted by Crippen LogP contribution is 2.30. The molecule has 1 unspecified atom stereocenters. The fraction of sp³-hybridized carbons (Fsp3) is 0.250. The van der Waals surface area contributed by atoms with Gasteiger partial charge >= 0.3 is 0 Å². The van der Waals surface area contributed by atoms with Gasteiger partial charge in [-0.15, -0.1) is 0 Å². The molecule has 0 aromatic heterocycles. The first-order valence-corrected chi connectivity index (χ1v) is 6.69. The maximum atomic E-state index is 11.2. The lowest BCUT2D eigenvalue weighted by Crippen LogP contribution is -1.99. The Morgan fingerprint density at radius 3 is 2.24 bits per heavy atom. The first-order chi connectivity index (χ1) is 9.88. The van der Waals surface area contributed by atoms with Crippen molar-refractivity contribution in [1.82, 2.24) is 0 Å². The largest absolute Gasteiger partial charge is 0.389 e. The number of aliphatic hydroxyl groups excluding tert-OH is 1. The monoisotopic (exact) mass is 286 g/mol. The number of nitro benzene ring substituents is 1. The highest BCUT2D eigenvalue weighted by atomic mass is 16.6. The zero-order valence-electron chi connectivity index (χ0n) is 12.3. The first kappa shape index (κ1) is 15.0. The van der Waals surface area contributed by atoms with Crippen LogP contribution in [-0.2, 0) is 0 Å². The van der Waals surface area contributed by atoms with E-state index in [1.54, 1.807) is 43.3 Å². The van der Waals surface area contributed by atoms with Crippen LogP contribution in [0.15, 0.2) is 36.4 Å². The van der Waals surface area contributed by atoms with Gasteiger partial charge in [0, 0.05) is 11.8 Å². The van der Waals surface area contributed by atoms with Crippen molar-refractivity contribution in [1.29, 1.82) is 0 Å². The van der Waals surface area contributed by atoms with Gasteiger partial charge in [-0.2, -0.15) is 0 Å². The van der Waals surface area contributed by atoms with E-state index in [4.69, 9.17) is 0 Å². The van der Waals surface area contributed by atoms with Crippen molar-refractivity contribution >= 4 is 17.1 Å². The van der Waals surface area contributed by atoms with Crippen molar-refractivity contribution in [3.63, 3.8) is 0 Å². The molecule has 2 N–H and O–H groups in total. The van der Waals surface area contributed by atoms with Crippen LogP contribution in [0.4, 0.5) is 17.1 Å². The van der Waals surface area contributed by atoms with Gasteiger partial charge in [0.15, 0.2) is 0 Å². The molecule has 5 nitrogen and oxygen atoms in total. The summed E-state index contributed by atoms with van der Waals surface area (Å²) in [6.45, 7) is 5.46. The van der Waals surface area contributed by atoms with Crippen LogP contribution in [0.25, 0.3) is 0 Å². The van der Waals surface area contributed by atoms with Crippen LogP contribution in [-0.4, -0.2) is 10.0 Å². The minimum absolute atomic E-state index is 0.0534. The topological polar surface area (TPSA) is 75.4 Å². The minimum atomic E-state index is -0.532. The molecular formula is C16H18N2O3. The molecule has 0 aliphatic heterocycles. The molecule has 5 heteroatoms. The van der Waals surface area contributed by atoms with E-state index in [1.165, 1.54) is 0 Å². The molecule has 0 saturated carbocycles. The van der Waals surface area contributed by atoms with Gasteiger partial charge in [0.1, 0.15) is 5.69 Å². The van der Waals surface area contributed by atoms with Gasteiger partial charge in [-0.25, -0.2) is 0 Å². The summed E-state index contributed by atoms with van der Waals surface area (Å²) < 4.78 is 0. The SMILES string of the molecule is Cc1cc(Nc2ccc(C(C)O)cc2)c([N+](=O)[O-])cc1C. The molecule has 0 aliphatic carbocycles. The fourth-order valence-corrected chi connectivity index (χ4v) is 2.05. The third-order valence-corrected chi connectivity index (χ3v) is 3.48. The second-order valence-corrected chi connectivity index (χ2v) is 5.13. The van der Waals surface area contributed by atoms with Crippen LogP contribution in [0.3, 0.4) is 0 Å². The molecule has 2 aromatic rings. The summed E-state index contributed by atoms with van der Waals surface area (Å²) in [4.78, 5) is 10.8. The third kappa shape index (κ3) is 3.38. The highest BCUT2D eigenvalue weighted by Gasteiger charge is 2.15. The van der Waals surface area contributed by atoms with Gasteiger partial charge in [0.2, 0.25) is 0 Å². The number of benzene rings is 2. The van der Waals surface area contributed by atoms with E-state index < -0.39 is 6.10 Å². The summed E-state index contributed by atoms with van der Waals surface area (Å²) >= 11 is 0. The lowest BCUT2D eigenvalue weighted by atomic mass is 10.1. The van der Waals surface area contributed by atoms with E-state index in [9.17, 15) is 15.2 Å². The van der Waals surface area contributed by atoms with Crippen molar-refractivity contribution in [2.24, 2.45) is 0 Å². The minimum Gasteiger partial charge on any atom is -0.389 e. The summed E-state index contributed by atoms with van der Waals surface area (Å²) in [6.07, 6.45) is -0.532. The van der Waals surface area contributed by atoms with Gasteiger partial charge in [-0.05, 0) is 55.7 Å². The summed E-state index contributed by atoms with van der Waals surface area (Å²) in [5.41, 5.74) is 3.94. The zero-order valence-corrected chi connectivity index (χ0v) is 12.3. The fourth-order valence-electron chi connectivity index (χ4n) is 2.05. The molecule has 0 saturated heterocycles. The number of aliphatic hydroxyl groups is 1. The van der Waals surface area contributed by atoms with Gasteiger partial charge < -0.3 is 10.4 Å². The normalized spacial score (nSPS) is 12.0. The Bertz CT molecular complexity index is 664. The molecule has 21 heavy (non-hydrogen) atoms. The standard InChI is InChI=1S/C16H18N2O3/c1-10-8-15(16(18(20)21)9-11(10)2)17-14-6-4-13(5-7-14)12(3)19/h4-9,12,17,19H,1-3H3. The Hall–Kier alpha value is -2.40. The molecule has 0 heterocycles. The molecule has 0 amide bonds. The maximum Gasteiger partial charge on any atom is 0.292 e. The number of nitro groups is 1. The highest BCUT2D eigenvalue weighted by molar-refractivity contribution is 5.71. The van der Waals surface area contributed by atoms with Crippen molar-refractivity contribution in [3.05, 3.63) is 63.2 Å². The number of hydrogen-bond acceptors (Lipinski definition) is 4. The molecule has 110 valence electrons. The van der Waals surface area contributed by atoms with E-state index >= 15 is 0 Å². The zero-order chi connectivity index (χ0) is 15.6. The van der Waals surface area contributed by atoms with Gasteiger partial charge in [0.25, 0.3) is 5.69 Å². The van der Waals surface area contributed by atoms with Crippen LogP contribution in [0.5, 0.6) is 0 Å². The van der Waals surface area contributed by atoms with Crippen LogP contribution >= 0.6 is 0 Å². The molecule has 0 aliphatic rings. The first-order valence-electron chi connectivity index (χ1n) is 6.69. The Morgan fingerprint density at radius 1 is 1.14 bits per heavy atom. The molecule has 1 atom stereocenters. The van der Waals surface area contributed by atoms with Crippen LogP contribution in [0.1, 0.15) is 29.7 Å².